The maximum atomic E-state index is 12.2. The molecule has 0 spiro atoms. The maximum absolute atomic E-state index is 12.2. The topological polar surface area (TPSA) is 67.9 Å². The first-order chi connectivity index (χ1) is 12.8. The van der Waals surface area contributed by atoms with Gasteiger partial charge in [0.05, 0.1) is 19.1 Å². The predicted molar refractivity (Wildman–Crippen MR) is 105 cm³/mol. The summed E-state index contributed by atoms with van der Waals surface area (Å²) in [4.78, 5) is 25.7. The van der Waals surface area contributed by atoms with Gasteiger partial charge in [0, 0.05) is 13.1 Å². The number of nitrogens with zero attached hydrogens (tertiary/aromatic N) is 1. The average molecular weight is 376 g/mol. The smallest absolute Gasteiger partial charge is 0.317 e. The van der Waals surface area contributed by atoms with E-state index in [1.54, 1.807) is 4.90 Å². The lowest BCUT2D eigenvalue weighted by Crippen LogP contribution is -2.46. The first-order valence-electron chi connectivity index (χ1n) is 9.74. The Morgan fingerprint density at radius 2 is 1.78 bits per heavy atom. The van der Waals surface area contributed by atoms with Crippen LogP contribution in [0.25, 0.3) is 0 Å². The van der Waals surface area contributed by atoms with E-state index in [0.717, 1.165) is 5.75 Å². The van der Waals surface area contributed by atoms with Crippen LogP contribution >= 0.6 is 0 Å². The van der Waals surface area contributed by atoms with Gasteiger partial charge in [-0.1, -0.05) is 32.9 Å². The fourth-order valence-electron chi connectivity index (χ4n) is 3.07. The van der Waals surface area contributed by atoms with E-state index >= 15 is 0 Å². The second kappa shape index (κ2) is 9.62. The lowest BCUT2D eigenvalue weighted by atomic mass is 9.87. The SMILES string of the molecule is CCOC(=O)C1CCN(C(=O)NCCOc2ccc(C(C)(C)C)cc2)CC1. The molecule has 27 heavy (non-hydrogen) atoms. The van der Waals surface area contributed by atoms with Crippen molar-refractivity contribution >= 4 is 12.0 Å². The van der Waals surface area contributed by atoms with Crippen molar-refractivity contribution in [2.24, 2.45) is 5.92 Å². The van der Waals surface area contributed by atoms with Crippen LogP contribution in [-0.2, 0) is 14.9 Å². The monoisotopic (exact) mass is 376 g/mol. The molecule has 1 N–H and O–H groups in total. The van der Waals surface area contributed by atoms with Crippen molar-refractivity contribution in [2.75, 3.05) is 32.8 Å². The molecule has 0 saturated carbocycles. The number of urea groups is 1. The van der Waals surface area contributed by atoms with Crippen LogP contribution in [0.1, 0.15) is 46.1 Å². The molecule has 1 aliphatic heterocycles. The zero-order valence-electron chi connectivity index (χ0n) is 16.9. The summed E-state index contributed by atoms with van der Waals surface area (Å²) < 4.78 is 10.7. The van der Waals surface area contributed by atoms with Crippen LogP contribution in [0.2, 0.25) is 0 Å². The number of nitrogens with one attached hydrogen (secondary N) is 1. The molecule has 150 valence electrons. The van der Waals surface area contributed by atoms with Gasteiger partial charge in [-0.3, -0.25) is 4.79 Å². The molecule has 0 bridgehead atoms. The van der Waals surface area contributed by atoms with Gasteiger partial charge >= 0.3 is 12.0 Å². The highest BCUT2D eigenvalue weighted by Crippen LogP contribution is 2.24. The van der Waals surface area contributed by atoms with Gasteiger partial charge in [0.25, 0.3) is 0 Å². The number of hydrogen-bond donors (Lipinski definition) is 1. The molecule has 2 amide bonds. The third-order valence-corrected chi connectivity index (χ3v) is 4.77. The Balaban J connectivity index is 1.66. The minimum atomic E-state index is -0.150. The summed E-state index contributed by atoms with van der Waals surface area (Å²) in [6, 6.07) is 7.96. The zero-order chi connectivity index (χ0) is 19.9. The van der Waals surface area contributed by atoms with Gasteiger partial charge in [0.15, 0.2) is 0 Å². The summed E-state index contributed by atoms with van der Waals surface area (Å²) in [7, 11) is 0. The van der Waals surface area contributed by atoms with Gasteiger partial charge in [-0.15, -0.1) is 0 Å². The third kappa shape index (κ3) is 6.45. The Labute approximate surface area is 162 Å². The second-order valence-corrected chi connectivity index (χ2v) is 7.87. The largest absolute Gasteiger partial charge is 0.492 e. The van der Waals surface area contributed by atoms with E-state index in [1.807, 2.05) is 19.1 Å². The van der Waals surface area contributed by atoms with E-state index in [9.17, 15) is 9.59 Å². The van der Waals surface area contributed by atoms with E-state index in [0.29, 0.717) is 45.7 Å². The van der Waals surface area contributed by atoms with E-state index in [2.05, 4.69) is 38.2 Å². The molecular formula is C21H32N2O4. The molecule has 1 aromatic carbocycles. The van der Waals surface area contributed by atoms with Gasteiger partial charge in [-0.2, -0.15) is 0 Å². The van der Waals surface area contributed by atoms with Crippen molar-refractivity contribution < 1.29 is 19.1 Å². The number of benzene rings is 1. The van der Waals surface area contributed by atoms with Crippen molar-refractivity contribution in [3.8, 4) is 5.75 Å². The molecule has 2 rings (SSSR count). The molecule has 6 heteroatoms. The number of carbonyl (C=O) groups excluding carboxylic acids is 2. The summed E-state index contributed by atoms with van der Waals surface area (Å²) in [6.07, 6.45) is 1.31. The van der Waals surface area contributed by atoms with Crippen LogP contribution in [0.4, 0.5) is 4.79 Å². The van der Waals surface area contributed by atoms with Gasteiger partial charge in [-0.05, 0) is 42.9 Å². The molecule has 1 aliphatic rings. The molecule has 0 atom stereocenters. The van der Waals surface area contributed by atoms with Crippen molar-refractivity contribution in [3.05, 3.63) is 29.8 Å². The minimum Gasteiger partial charge on any atom is -0.492 e. The van der Waals surface area contributed by atoms with Crippen LogP contribution in [0, 0.1) is 5.92 Å². The Morgan fingerprint density at radius 1 is 1.15 bits per heavy atom. The van der Waals surface area contributed by atoms with Crippen molar-refractivity contribution in [1.82, 2.24) is 10.2 Å². The highest BCUT2D eigenvalue weighted by atomic mass is 16.5. The van der Waals surface area contributed by atoms with E-state index in [1.165, 1.54) is 5.56 Å². The van der Waals surface area contributed by atoms with E-state index in [4.69, 9.17) is 9.47 Å². The minimum absolute atomic E-state index is 0.0894. The average Bonchev–Trinajstić information content (AvgIpc) is 2.65. The summed E-state index contributed by atoms with van der Waals surface area (Å²) in [5.41, 5.74) is 1.38. The molecule has 0 aromatic heterocycles. The molecule has 6 nitrogen and oxygen atoms in total. The van der Waals surface area contributed by atoms with Crippen LogP contribution in [0.15, 0.2) is 24.3 Å². The lowest BCUT2D eigenvalue weighted by molar-refractivity contribution is -0.149. The first kappa shape index (κ1) is 21.1. The molecule has 1 fully saturated rings. The first-order valence-corrected chi connectivity index (χ1v) is 9.74. The van der Waals surface area contributed by atoms with Gasteiger partial charge in [0.2, 0.25) is 0 Å². The normalized spacial score (nSPS) is 15.3. The van der Waals surface area contributed by atoms with Crippen molar-refractivity contribution in [3.63, 3.8) is 0 Å². The van der Waals surface area contributed by atoms with Crippen LogP contribution in [0.3, 0.4) is 0 Å². The summed E-state index contributed by atoms with van der Waals surface area (Å²) in [5.74, 6) is 0.560. The number of hydrogen-bond acceptors (Lipinski definition) is 4. The molecule has 0 unspecified atom stereocenters. The van der Waals surface area contributed by atoms with Gasteiger partial charge in [0.1, 0.15) is 12.4 Å². The Morgan fingerprint density at radius 3 is 2.33 bits per heavy atom. The van der Waals surface area contributed by atoms with Gasteiger partial charge < -0.3 is 19.7 Å². The number of ether oxygens (including phenoxy) is 2. The van der Waals surface area contributed by atoms with Crippen molar-refractivity contribution in [2.45, 2.75) is 46.0 Å². The molecular weight excluding hydrogens is 344 g/mol. The van der Waals surface area contributed by atoms with Gasteiger partial charge in [-0.25, -0.2) is 4.79 Å². The summed E-state index contributed by atoms with van der Waals surface area (Å²) in [5, 5.41) is 2.87. The fraction of sp³-hybridized carbons (Fsp3) is 0.619. The Kier molecular flexibility index (Phi) is 7.51. The number of esters is 1. The highest BCUT2D eigenvalue weighted by Gasteiger charge is 2.28. The second-order valence-electron chi connectivity index (χ2n) is 7.87. The Hall–Kier alpha value is -2.24. The van der Waals surface area contributed by atoms with Crippen LogP contribution in [0.5, 0.6) is 5.75 Å². The molecule has 1 heterocycles. The quantitative estimate of drug-likeness (QED) is 0.611. The highest BCUT2D eigenvalue weighted by molar-refractivity contribution is 5.76. The fourth-order valence-corrected chi connectivity index (χ4v) is 3.07. The molecule has 0 radical (unpaired) electrons. The standard InChI is InChI=1S/C21H32N2O4/c1-5-26-19(24)16-10-13-23(14-11-16)20(25)22-12-15-27-18-8-6-17(7-9-18)21(2,3)4/h6-9,16H,5,10-15H2,1-4H3,(H,22,25). The number of piperidine rings is 1. The molecule has 0 aliphatic carbocycles. The zero-order valence-corrected chi connectivity index (χ0v) is 16.9. The van der Waals surface area contributed by atoms with Crippen LogP contribution in [-0.4, -0.2) is 49.7 Å². The maximum Gasteiger partial charge on any atom is 0.317 e. The molecule has 1 aromatic rings. The Bertz CT molecular complexity index is 614. The van der Waals surface area contributed by atoms with Crippen LogP contribution < -0.4 is 10.1 Å². The van der Waals surface area contributed by atoms with E-state index < -0.39 is 0 Å². The lowest BCUT2D eigenvalue weighted by Gasteiger charge is -2.30. The predicted octanol–water partition coefficient (Wildman–Crippen LogP) is 3.35. The summed E-state index contributed by atoms with van der Waals surface area (Å²) >= 11 is 0. The number of carbonyl (C=O) groups is 2. The third-order valence-electron chi connectivity index (χ3n) is 4.77. The number of likely N-dealkylation sites (tertiary alicyclic amines) is 1. The van der Waals surface area contributed by atoms with E-state index in [-0.39, 0.29) is 23.3 Å². The molecule has 1 saturated heterocycles. The summed E-state index contributed by atoms with van der Waals surface area (Å²) in [6.45, 7) is 10.7. The number of rotatable bonds is 6. The van der Waals surface area contributed by atoms with Crippen molar-refractivity contribution in [1.29, 1.82) is 0 Å². The number of amides is 2.